The van der Waals surface area contributed by atoms with Gasteiger partial charge in [0.2, 0.25) is 5.91 Å². The molecular formula is C21H20N2O4S. The number of rotatable bonds is 6. The molecule has 2 aromatic rings. The Morgan fingerprint density at radius 1 is 1.11 bits per heavy atom. The Balaban J connectivity index is 2.01. The van der Waals surface area contributed by atoms with Crippen molar-refractivity contribution in [2.45, 2.75) is 13.8 Å². The monoisotopic (exact) mass is 396 g/mol. The van der Waals surface area contributed by atoms with Crippen LogP contribution in [0.4, 0.5) is 11.4 Å². The summed E-state index contributed by atoms with van der Waals surface area (Å²) >= 11 is 1.34. The Hall–Kier alpha value is -3.06. The zero-order valence-electron chi connectivity index (χ0n) is 15.8. The highest BCUT2D eigenvalue weighted by Gasteiger charge is 2.40. The van der Waals surface area contributed by atoms with Crippen LogP contribution in [0.5, 0.6) is 5.75 Å². The predicted molar refractivity (Wildman–Crippen MR) is 111 cm³/mol. The van der Waals surface area contributed by atoms with Gasteiger partial charge in [0.05, 0.1) is 23.3 Å². The third kappa shape index (κ3) is 3.80. The van der Waals surface area contributed by atoms with Crippen LogP contribution in [0.1, 0.15) is 19.4 Å². The number of nitrogens with one attached hydrogen (secondary N) is 1. The molecule has 0 radical (unpaired) electrons. The number of imide groups is 1. The number of anilines is 2. The summed E-state index contributed by atoms with van der Waals surface area (Å²) in [6, 6.07) is 13.7. The molecule has 28 heavy (non-hydrogen) atoms. The largest absolute Gasteiger partial charge is 0.497 e. The molecule has 1 aliphatic heterocycles. The molecule has 1 heterocycles. The summed E-state index contributed by atoms with van der Waals surface area (Å²) in [4.78, 5) is 39.0. The molecule has 0 spiro atoms. The molecule has 0 aromatic heterocycles. The molecule has 3 amide bonds. The average molecular weight is 396 g/mol. The number of nitrogens with zero attached hydrogens (tertiary/aromatic N) is 1. The first-order chi connectivity index (χ1) is 13.5. The lowest BCUT2D eigenvalue weighted by Crippen LogP contribution is -2.31. The third-order valence-corrected chi connectivity index (χ3v) is 5.09. The summed E-state index contributed by atoms with van der Waals surface area (Å²) in [6.07, 6.45) is 0. The van der Waals surface area contributed by atoms with Crippen molar-refractivity contribution >= 4 is 46.4 Å². The molecule has 1 aliphatic rings. The van der Waals surface area contributed by atoms with Crippen molar-refractivity contribution in [1.29, 1.82) is 0 Å². The zero-order chi connectivity index (χ0) is 20.3. The lowest BCUT2D eigenvalue weighted by Gasteiger charge is -2.16. The van der Waals surface area contributed by atoms with Crippen molar-refractivity contribution in [3.05, 3.63) is 59.0 Å². The maximum Gasteiger partial charge on any atom is 0.272 e. The van der Waals surface area contributed by atoms with E-state index in [-0.39, 0.29) is 17.7 Å². The van der Waals surface area contributed by atoms with Gasteiger partial charge in [-0.25, -0.2) is 4.90 Å². The number of hydrogen-bond donors (Lipinski definition) is 1. The van der Waals surface area contributed by atoms with Crippen LogP contribution >= 0.6 is 11.8 Å². The highest BCUT2D eigenvalue weighted by atomic mass is 32.2. The van der Waals surface area contributed by atoms with Crippen LogP contribution in [-0.2, 0) is 14.4 Å². The van der Waals surface area contributed by atoms with Crippen molar-refractivity contribution in [3.8, 4) is 5.75 Å². The van der Waals surface area contributed by atoms with Crippen LogP contribution in [0.3, 0.4) is 0 Å². The lowest BCUT2D eigenvalue weighted by atomic mass is 10.1. The Morgan fingerprint density at radius 2 is 1.82 bits per heavy atom. The molecule has 0 bridgehead atoms. The maximum atomic E-state index is 13.2. The van der Waals surface area contributed by atoms with E-state index < -0.39 is 0 Å². The van der Waals surface area contributed by atoms with Crippen molar-refractivity contribution < 1.29 is 19.1 Å². The summed E-state index contributed by atoms with van der Waals surface area (Å²) in [6.45, 7) is 3.36. The molecule has 144 valence electrons. The molecule has 0 saturated carbocycles. The lowest BCUT2D eigenvalue weighted by molar-refractivity contribution is -0.120. The highest BCUT2D eigenvalue weighted by molar-refractivity contribution is 8.04. The van der Waals surface area contributed by atoms with Crippen molar-refractivity contribution in [1.82, 2.24) is 0 Å². The van der Waals surface area contributed by atoms with Crippen molar-refractivity contribution in [2.24, 2.45) is 0 Å². The van der Waals surface area contributed by atoms with Gasteiger partial charge in [0.1, 0.15) is 5.75 Å². The first-order valence-corrected chi connectivity index (χ1v) is 9.72. The van der Waals surface area contributed by atoms with Gasteiger partial charge < -0.3 is 10.1 Å². The summed E-state index contributed by atoms with van der Waals surface area (Å²) in [7, 11) is 1.53. The van der Waals surface area contributed by atoms with E-state index in [1.54, 1.807) is 48.5 Å². The standard InChI is InChI=1S/C21H20N2O4S/c1-4-28-19-18(14-8-10-15(11-9-14)22-13(2)24)20(25)23(21(19)26)16-6-5-7-17(12-16)27-3/h5-12H,4H2,1-3H3,(H,22,24). The Kier molecular flexibility index (Phi) is 5.84. The van der Waals surface area contributed by atoms with Crippen molar-refractivity contribution in [3.63, 3.8) is 0 Å². The number of ether oxygens (including phenoxy) is 1. The molecule has 6 nitrogen and oxygen atoms in total. The second kappa shape index (κ2) is 8.31. The fraction of sp³-hybridized carbons (Fsp3) is 0.190. The summed E-state index contributed by atoms with van der Waals surface area (Å²) < 4.78 is 5.21. The fourth-order valence-electron chi connectivity index (χ4n) is 2.95. The minimum Gasteiger partial charge on any atom is -0.497 e. The molecule has 0 fully saturated rings. The van der Waals surface area contributed by atoms with E-state index in [0.717, 1.165) is 0 Å². The van der Waals surface area contributed by atoms with Crippen molar-refractivity contribution in [2.75, 3.05) is 23.1 Å². The number of carbonyl (C=O) groups is 3. The topological polar surface area (TPSA) is 75.7 Å². The maximum absolute atomic E-state index is 13.2. The molecule has 7 heteroatoms. The summed E-state index contributed by atoms with van der Waals surface area (Å²) in [5.74, 6) is 0.335. The van der Waals surface area contributed by atoms with E-state index in [2.05, 4.69) is 5.32 Å². The van der Waals surface area contributed by atoms with Crippen LogP contribution in [0.25, 0.3) is 5.57 Å². The van der Waals surface area contributed by atoms with Gasteiger partial charge in [-0.05, 0) is 35.6 Å². The van der Waals surface area contributed by atoms with E-state index >= 15 is 0 Å². The van der Waals surface area contributed by atoms with Gasteiger partial charge in [0.15, 0.2) is 0 Å². The smallest absolute Gasteiger partial charge is 0.272 e. The van der Waals surface area contributed by atoms with E-state index in [4.69, 9.17) is 4.74 Å². The minimum atomic E-state index is -0.374. The number of thioether (sulfide) groups is 1. The molecule has 0 atom stereocenters. The van der Waals surface area contributed by atoms with Gasteiger partial charge in [0.25, 0.3) is 11.8 Å². The summed E-state index contributed by atoms with van der Waals surface area (Å²) in [5, 5.41) is 2.69. The van der Waals surface area contributed by atoms with Crippen LogP contribution in [-0.4, -0.2) is 30.6 Å². The molecule has 2 aromatic carbocycles. The number of carbonyl (C=O) groups excluding carboxylic acids is 3. The number of methoxy groups -OCH3 is 1. The van der Waals surface area contributed by atoms with Gasteiger partial charge in [0, 0.05) is 18.7 Å². The Labute approximate surface area is 167 Å². The predicted octanol–water partition coefficient (Wildman–Crippen LogP) is 3.69. The van der Waals surface area contributed by atoms with E-state index in [1.165, 1.54) is 30.7 Å². The number of benzene rings is 2. The molecule has 1 N–H and O–H groups in total. The quantitative estimate of drug-likeness (QED) is 0.754. The van der Waals surface area contributed by atoms with Gasteiger partial charge in [-0.1, -0.05) is 25.1 Å². The first-order valence-electron chi connectivity index (χ1n) is 8.74. The Morgan fingerprint density at radius 3 is 2.43 bits per heavy atom. The second-order valence-corrected chi connectivity index (χ2v) is 7.32. The molecule has 3 rings (SSSR count). The SMILES string of the molecule is CCSC1=C(c2ccc(NC(C)=O)cc2)C(=O)N(c2cccc(OC)c2)C1=O. The van der Waals surface area contributed by atoms with E-state index in [0.29, 0.717) is 38.9 Å². The van der Waals surface area contributed by atoms with Gasteiger partial charge >= 0.3 is 0 Å². The van der Waals surface area contributed by atoms with Gasteiger partial charge in [-0.15, -0.1) is 11.8 Å². The number of hydrogen-bond acceptors (Lipinski definition) is 5. The van der Waals surface area contributed by atoms with Crippen LogP contribution < -0.4 is 15.0 Å². The minimum absolute atomic E-state index is 0.175. The molecule has 0 aliphatic carbocycles. The van der Waals surface area contributed by atoms with Gasteiger partial charge in [-0.3, -0.25) is 14.4 Å². The first kappa shape index (κ1) is 19.7. The van der Waals surface area contributed by atoms with Crippen LogP contribution in [0, 0.1) is 0 Å². The van der Waals surface area contributed by atoms with E-state index in [1.807, 2.05) is 6.92 Å². The summed E-state index contributed by atoms with van der Waals surface area (Å²) in [5.41, 5.74) is 2.10. The second-order valence-electron chi connectivity index (χ2n) is 6.04. The Bertz CT molecular complexity index is 967. The van der Waals surface area contributed by atoms with Crippen LogP contribution in [0.15, 0.2) is 53.4 Å². The van der Waals surface area contributed by atoms with E-state index in [9.17, 15) is 14.4 Å². The van der Waals surface area contributed by atoms with Gasteiger partial charge in [-0.2, -0.15) is 0 Å². The number of amides is 3. The molecular weight excluding hydrogens is 376 g/mol. The fourth-order valence-corrected chi connectivity index (χ4v) is 3.80. The molecule has 0 unspecified atom stereocenters. The normalized spacial score (nSPS) is 13.9. The average Bonchev–Trinajstić information content (AvgIpc) is 2.92. The third-order valence-electron chi connectivity index (χ3n) is 4.14. The van der Waals surface area contributed by atoms with Crippen LogP contribution in [0.2, 0.25) is 0 Å². The molecule has 0 saturated heterocycles. The highest BCUT2D eigenvalue weighted by Crippen LogP contribution is 2.39. The zero-order valence-corrected chi connectivity index (χ0v) is 16.6.